The lowest BCUT2D eigenvalue weighted by Gasteiger charge is -2.17. The smallest absolute Gasteiger partial charge is 0.182 e. The van der Waals surface area contributed by atoms with Crippen molar-refractivity contribution in [3.63, 3.8) is 0 Å². The first-order valence-corrected chi connectivity index (χ1v) is 8.19. The number of thiazole rings is 1. The minimum atomic E-state index is 0.282. The first-order chi connectivity index (χ1) is 8.84. The second-order valence-corrected chi connectivity index (χ2v) is 6.76. The molecule has 3 heteroatoms. The van der Waals surface area contributed by atoms with Crippen LogP contribution in [0.5, 0.6) is 0 Å². The minimum Gasteiger partial charge on any atom is -0.292 e. The van der Waals surface area contributed by atoms with E-state index in [9.17, 15) is 4.79 Å². The zero-order valence-electron chi connectivity index (χ0n) is 10.9. The van der Waals surface area contributed by atoms with Gasteiger partial charge in [0.15, 0.2) is 5.78 Å². The molecule has 2 aliphatic carbocycles. The van der Waals surface area contributed by atoms with Gasteiger partial charge in [0.2, 0.25) is 0 Å². The first kappa shape index (κ1) is 12.3. The fourth-order valence-corrected chi connectivity index (χ4v) is 4.46. The summed E-state index contributed by atoms with van der Waals surface area (Å²) in [6.45, 7) is 0. The second-order valence-electron chi connectivity index (χ2n) is 5.64. The van der Waals surface area contributed by atoms with Gasteiger partial charge in [-0.3, -0.25) is 4.79 Å². The molecular weight excluding hydrogens is 242 g/mol. The molecule has 98 valence electrons. The molecule has 0 spiro atoms. The van der Waals surface area contributed by atoms with Crippen molar-refractivity contribution in [1.82, 2.24) is 4.98 Å². The summed E-state index contributed by atoms with van der Waals surface area (Å²) in [6, 6.07) is 0. The van der Waals surface area contributed by atoms with Crippen LogP contribution in [-0.4, -0.2) is 10.8 Å². The molecule has 0 aromatic carbocycles. The van der Waals surface area contributed by atoms with E-state index in [1.807, 2.05) is 11.3 Å². The number of aromatic nitrogens is 1. The second kappa shape index (κ2) is 5.52. The van der Waals surface area contributed by atoms with Gasteiger partial charge in [-0.15, -0.1) is 11.3 Å². The van der Waals surface area contributed by atoms with E-state index in [-0.39, 0.29) is 5.78 Å². The van der Waals surface area contributed by atoms with Crippen LogP contribution in [-0.2, 0) is 6.42 Å². The zero-order chi connectivity index (χ0) is 12.4. The number of hydrogen-bond acceptors (Lipinski definition) is 3. The van der Waals surface area contributed by atoms with Gasteiger partial charge >= 0.3 is 0 Å². The average Bonchev–Trinajstić information content (AvgIpc) is 2.73. The van der Waals surface area contributed by atoms with Gasteiger partial charge in [0.05, 0.1) is 5.01 Å². The predicted molar refractivity (Wildman–Crippen MR) is 74.4 cm³/mol. The largest absolute Gasteiger partial charge is 0.292 e. The third-order valence-corrected chi connectivity index (χ3v) is 5.52. The predicted octanol–water partition coefficient (Wildman–Crippen LogP) is 4.49. The van der Waals surface area contributed by atoms with E-state index in [1.165, 1.54) is 54.8 Å². The SMILES string of the molecule is O=C1CCCc2sc(C3CCCCCCC3)nc21. The van der Waals surface area contributed by atoms with Gasteiger partial charge in [-0.2, -0.15) is 0 Å². The van der Waals surface area contributed by atoms with Crippen molar-refractivity contribution in [2.75, 3.05) is 0 Å². The van der Waals surface area contributed by atoms with E-state index >= 15 is 0 Å². The highest BCUT2D eigenvalue weighted by atomic mass is 32.1. The summed E-state index contributed by atoms with van der Waals surface area (Å²) in [7, 11) is 0. The molecule has 0 aliphatic heterocycles. The number of carbonyl (C=O) groups is 1. The number of ketones is 1. The molecule has 0 atom stereocenters. The molecule has 2 aliphatic rings. The van der Waals surface area contributed by atoms with Gasteiger partial charge in [0.25, 0.3) is 0 Å². The molecule has 1 heterocycles. The molecule has 0 bridgehead atoms. The highest BCUT2D eigenvalue weighted by Gasteiger charge is 2.25. The summed E-state index contributed by atoms with van der Waals surface area (Å²) in [5.41, 5.74) is 0.823. The summed E-state index contributed by atoms with van der Waals surface area (Å²) in [6.07, 6.45) is 12.2. The number of hydrogen-bond donors (Lipinski definition) is 0. The molecule has 3 rings (SSSR count). The molecular formula is C15H21NOS. The normalized spacial score (nSPS) is 22.3. The maximum atomic E-state index is 11.8. The van der Waals surface area contributed by atoms with E-state index < -0.39 is 0 Å². The Morgan fingerprint density at radius 2 is 1.67 bits per heavy atom. The molecule has 1 aromatic rings. The standard InChI is InChI=1S/C15H21NOS/c17-12-9-6-10-13-14(12)16-15(18-13)11-7-4-2-1-3-5-8-11/h11H,1-10H2. The van der Waals surface area contributed by atoms with Gasteiger partial charge in [-0.05, 0) is 25.7 Å². The highest BCUT2D eigenvalue weighted by Crippen LogP contribution is 2.36. The number of fused-ring (bicyclic) bond motifs is 1. The maximum absolute atomic E-state index is 11.8. The average molecular weight is 263 g/mol. The van der Waals surface area contributed by atoms with Crippen LogP contribution in [0.2, 0.25) is 0 Å². The lowest BCUT2D eigenvalue weighted by molar-refractivity contribution is 0.0968. The third-order valence-electron chi connectivity index (χ3n) is 4.24. The molecule has 1 fully saturated rings. The third kappa shape index (κ3) is 2.51. The minimum absolute atomic E-state index is 0.282. The molecule has 2 nitrogen and oxygen atoms in total. The molecule has 0 N–H and O–H groups in total. The number of nitrogens with zero attached hydrogens (tertiary/aromatic N) is 1. The van der Waals surface area contributed by atoms with Crippen LogP contribution in [0, 0.1) is 0 Å². The van der Waals surface area contributed by atoms with Crippen LogP contribution < -0.4 is 0 Å². The molecule has 18 heavy (non-hydrogen) atoms. The number of Topliss-reactive ketones (excluding diaryl/α,β-unsaturated/α-hetero) is 1. The van der Waals surface area contributed by atoms with Crippen molar-refractivity contribution in [3.05, 3.63) is 15.6 Å². The Morgan fingerprint density at radius 1 is 0.944 bits per heavy atom. The van der Waals surface area contributed by atoms with Gasteiger partial charge in [0.1, 0.15) is 5.69 Å². The fourth-order valence-electron chi connectivity index (χ4n) is 3.16. The summed E-state index contributed by atoms with van der Waals surface area (Å²) < 4.78 is 0. The van der Waals surface area contributed by atoms with Gasteiger partial charge < -0.3 is 0 Å². The van der Waals surface area contributed by atoms with Crippen LogP contribution in [0.4, 0.5) is 0 Å². The summed E-state index contributed by atoms with van der Waals surface area (Å²) in [4.78, 5) is 17.8. The van der Waals surface area contributed by atoms with Crippen LogP contribution in [0.3, 0.4) is 0 Å². The van der Waals surface area contributed by atoms with Crippen LogP contribution >= 0.6 is 11.3 Å². The monoisotopic (exact) mass is 263 g/mol. The van der Waals surface area contributed by atoms with Crippen molar-refractivity contribution >= 4 is 17.1 Å². The molecule has 0 unspecified atom stereocenters. The van der Waals surface area contributed by atoms with E-state index in [4.69, 9.17) is 4.98 Å². The van der Waals surface area contributed by atoms with Crippen LogP contribution in [0.25, 0.3) is 0 Å². The van der Waals surface area contributed by atoms with Crippen molar-refractivity contribution < 1.29 is 4.79 Å². The Morgan fingerprint density at radius 3 is 2.39 bits per heavy atom. The maximum Gasteiger partial charge on any atom is 0.182 e. The zero-order valence-corrected chi connectivity index (χ0v) is 11.7. The quantitative estimate of drug-likeness (QED) is 0.747. The van der Waals surface area contributed by atoms with Crippen LogP contribution in [0.1, 0.15) is 84.1 Å². The van der Waals surface area contributed by atoms with Crippen LogP contribution in [0.15, 0.2) is 0 Å². The Labute approximate surface area is 113 Å². The van der Waals surface area contributed by atoms with Gasteiger partial charge in [-0.1, -0.05) is 32.1 Å². The van der Waals surface area contributed by atoms with Gasteiger partial charge in [-0.25, -0.2) is 4.98 Å². The Bertz CT molecular complexity index is 430. The molecule has 0 saturated heterocycles. The number of rotatable bonds is 1. The number of aryl methyl sites for hydroxylation is 1. The van der Waals surface area contributed by atoms with E-state index in [0.717, 1.165) is 18.5 Å². The van der Waals surface area contributed by atoms with E-state index in [1.54, 1.807) is 0 Å². The summed E-state index contributed by atoms with van der Waals surface area (Å²) in [5.74, 6) is 0.915. The first-order valence-electron chi connectivity index (χ1n) is 7.37. The fraction of sp³-hybridized carbons (Fsp3) is 0.733. The Hall–Kier alpha value is -0.700. The van der Waals surface area contributed by atoms with E-state index in [2.05, 4.69) is 0 Å². The lowest BCUT2D eigenvalue weighted by Crippen LogP contribution is -2.09. The van der Waals surface area contributed by atoms with Crippen molar-refractivity contribution in [2.45, 2.75) is 70.1 Å². The van der Waals surface area contributed by atoms with Crippen molar-refractivity contribution in [3.8, 4) is 0 Å². The van der Waals surface area contributed by atoms with Gasteiger partial charge in [0, 0.05) is 17.2 Å². The molecule has 0 amide bonds. The van der Waals surface area contributed by atoms with Crippen molar-refractivity contribution in [2.24, 2.45) is 0 Å². The molecule has 1 saturated carbocycles. The Balaban J connectivity index is 1.80. The Kier molecular flexibility index (Phi) is 3.78. The number of carbonyl (C=O) groups excluding carboxylic acids is 1. The summed E-state index contributed by atoms with van der Waals surface area (Å²) >= 11 is 1.83. The molecule has 1 aromatic heterocycles. The highest BCUT2D eigenvalue weighted by molar-refractivity contribution is 7.12. The van der Waals surface area contributed by atoms with E-state index in [0.29, 0.717) is 12.3 Å². The molecule has 0 radical (unpaired) electrons. The lowest BCUT2D eigenvalue weighted by atomic mass is 9.91. The summed E-state index contributed by atoms with van der Waals surface area (Å²) in [5, 5.41) is 1.26. The van der Waals surface area contributed by atoms with Crippen molar-refractivity contribution in [1.29, 1.82) is 0 Å². The topological polar surface area (TPSA) is 30.0 Å².